The fraction of sp³-hybridized carbons (Fsp3) is 0.231. The first-order valence-corrected chi connectivity index (χ1v) is 7.35. The molecule has 0 aliphatic heterocycles. The third kappa shape index (κ3) is 2.92. The number of hydrogen-bond acceptors (Lipinski definition) is 4. The van der Waals surface area contributed by atoms with Crippen LogP contribution in [-0.2, 0) is 0 Å². The van der Waals surface area contributed by atoms with E-state index in [4.69, 9.17) is 10.6 Å². The Balaban J connectivity index is 2.33. The Kier molecular flexibility index (Phi) is 4.77. The minimum absolute atomic E-state index is 0.0280. The van der Waals surface area contributed by atoms with E-state index in [1.54, 1.807) is 11.3 Å². The van der Waals surface area contributed by atoms with Gasteiger partial charge >= 0.3 is 0 Å². The topological polar surface area (TPSA) is 47.3 Å². The smallest absolute Gasteiger partial charge is 0.119 e. The summed E-state index contributed by atoms with van der Waals surface area (Å²) >= 11 is 5.20. The fourth-order valence-electron chi connectivity index (χ4n) is 1.79. The lowest BCUT2D eigenvalue weighted by Crippen LogP contribution is -2.28. The van der Waals surface area contributed by atoms with Crippen molar-refractivity contribution in [2.75, 3.05) is 6.61 Å². The zero-order valence-corrected chi connectivity index (χ0v) is 12.4. The van der Waals surface area contributed by atoms with E-state index in [-0.39, 0.29) is 6.04 Å². The Bertz CT molecular complexity index is 515. The first-order valence-electron chi connectivity index (χ1n) is 5.68. The van der Waals surface area contributed by atoms with Crippen molar-refractivity contribution in [2.45, 2.75) is 13.0 Å². The van der Waals surface area contributed by atoms with Crippen molar-refractivity contribution >= 4 is 27.3 Å². The van der Waals surface area contributed by atoms with E-state index < -0.39 is 0 Å². The molecule has 0 aliphatic rings. The normalized spacial score (nSPS) is 12.4. The number of rotatable bonds is 5. The maximum absolute atomic E-state index is 5.68. The Hall–Kier alpha value is -0.880. The Morgan fingerprint density at radius 3 is 2.89 bits per heavy atom. The molecule has 0 saturated heterocycles. The summed E-state index contributed by atoms with van der Waals surface area (Å²) in [6, 6.07) is 9.98. The van der Waals surface area contributed by atoms with Gasteiger partial charge in [-0.3, -0.25) is 5.84 Å². The number of nitrogens with one attached hydrogen (secondary N) is 1. The highest BCUT2D eigenvalue weighted by Gasteiger charge is 2.17. The quantitative estimate of drug-likeness (QED) is 0.653. The molecule has 3 nitrogen and oxygen atoms in total. The number of hydrogen-bond donors (Lipinski definition) is 2. The van der Waals surface area contributed by atoms with Crippen molar-refractivity contribution in [3.63, 3.8) is 0 Å². The molecule has 0 spiro atoms. The average molecular weight is 327 g/mol. The minimum atomic E-state index is -0.0280. The van der Waals surface area contributed by atoms with Gasteiger partial charge in [0, 0.05) is 9.35 Å². The Morgan fingerprint density at radius 1 is 1.44 bits per heavy atom. The van der Waals surface area contributed by atoms with Gasteiger partial charge < -0.3 is 4.74 Å². The summed E-state index contributed by atoms with van der Waals surface area (Å²) in [6.45, 7) is 2.63. The number of hydrazine groups is 1. The first-order chi connectivity index (χ1) is 8.76. The molecular formula is C13H15BrN2OS. The lowest BCUT2D eigenvalue weighted by Gasteiger charge is -2.16. The summed E-state index contributed by atoms with van der Waals surface area (Å²) < 4.78 is 6.58. The van der Waals surface area contributed by atoms with Gasteiger partial charge in [-0.25, -0.2) is 5.43 Å². The number of thiophene rings is 1. The lowest BCUT2D eigenvalue weighted by atomic mass is 10.1. The summed E-state index contributed by atoms with van der Waals surface area (Å²) in [5, 5.41) is 2.04. The number of nitrogens with two attached hydrogens (primary N) is 1. The molecule has 0 fully saturated rings. The standard InChI is InChI=1S/C13H15BrN2OS/c1-2-17-10-5-3-4-9(8-10)12(16-15)13-11(14)6-7-18-13/h3-8,12,16H,2,15H2,1H3. The summed E-state index contributed by atoms with van der Waals surface area (Å²) in [5.41, 5.74) is 3.95. The molecule has 1 aromatic heterocycles. The van der Waals surface area contributed by atoms with Crippen molar-refractivity contribution in [3.8, 4) is 5.75 Å². The molecule has 1 aromatic carbocycles. The van der Waals surface area contributed by atoms with Crippen LogP contribution in [0.1, 0.15) is 23.4 Å². The molecule has 3 N–H and O–H groups in total. The van der Waals surface area contributed by atoms with Gasteiger partial charge in [-0.05, 0) is 52.0 Å². The number of ether oxygens (including phenoxy) is 1. The van der Waals surface area contributed by atoms with Gasteiger partial charge in [0.15, 0.2) is 0 Å². The van der Waals surface area contributed by atoms with E-state index in [2.05, 4.69) is 21.4 Å². The van der Waals surface area contributed by atoms with Crippen molar-refractivity contribution < 1.29 is 4.74 Å². The Labute approximate surface area is 119 Å². The van der Waals surface area contributed by atoms with E-state index in [9.17, 15) is 0 Å². The maximum atomic E-state index is 5.68. The van der Waals surface area contributed by atoms with Gasteiger partial charge in [-0.2, -0.15) is 0 Å². The van der Waals surface area contributed by atoms with Gasteiger partial charge in [0.1, 0.15) is 5.75 Å². The lowest BCUT2D eigenvalue weighted by molar-refractivity contribution is 0.339. The van der Waals surface area contributed by atoms with Crippen molar-refractivity contribution in [1.29, 1.82) is 0 Å². The number of benzene rings is 1. The van der Waals surface area contributed by atoms with Crippen molar-refractivity contribution in [3.05, 3.63) is 50.6 Å². The second-order valence-corrected chi connectivity index (χ2v) is 5.54. The SMILES string of the molecule is CCOc1cccc(C(NN)c2sccc2Br)c1. The molecule has 96 valence electrons. The molecular weight excluding hydrogens is 312 g/mol. The molecule has 0 radical (unpaired) electrons. The summed E-state index contributed by atoms with van der Waals surface area (Å²) in [5.74, 6) is 6.55. The molecule has 18 heavy (non-hydrogen) atoms. The molecule has 1 heterocycles. The summed E-state index contributed by atoms with van der Waals surface area (Å²) in [6.07, 6.45) is 0. The third-order valence-corrected chi connectivity index (χ3v) is 4.51. The minimum Gasteiger partial charge on any atom is -0.494 e. The van der Waals surface area contributed by atoms with E-state index >= 15 is 0 Å². The van der Waals surface area contributed by atoms with Gasteiger partial charge in [-0.15, -0.1) is 11.3 Å². The largest absolute Gasteiger partial charge is 0.494 e. The van der Waals surface area contributed by atoms with Crippen LogP contribution in [0.4, 0.5) is 0 Å². The predicted octanol–water partition coefficient (Wildman–Crippen LogP) is 3.46. The first kappa shape index (κ1) is 13.5. The van der Waals surface area contributed by atoms with Crippen molar-refractivity contribution in [1.82, 2.24) is 5.43 Å². The van der Waals surface area contributed by atoms with Gasteiger partial charge in [-0.1, -0.05) is 12.1 Å². The van der Waals surface area contributed by atoms with Crippen LogP contribution in [0.5, 0.6) is 5.75 Å². The second kappa shape index (κ2) is 6.33. The molecule has 2 rings (SSSR count). The zero-order chi connectivity index (χ0) is 13.0. The van der Waals surface area contributed by atoms with E-state index in [0.717, 1.165) is 20.7 Å². The molecule has 5 heteroatoms. The highest BCUT2D eigenvalue weighted by molar-refractivity contribution is 9.10. The highest BCUT2D eigenvalue weighted by atomic mass is 79.9. The Morgan fingerprint density at radius 2 is 2.28 bits per heavy atom. The third-order valence-electron chi connectivity index (χ3n) is 2.58. The molecule has 0 bridgehead atoms. The molecule has 0 aliphatic carbocycles. The predicted molar refractivity (Wildman–Crippen MR) is 78.8 cm³/mol. The van der Waals surface area contributed by atoms with E-state index in [1.807, 2.05) is 42.6 Å². The number of halogens is 1. The van der Waals surface area contributed by atoms with E-state index in [0.29, 0.717) is 6.61 Å². The monoisotopic (exact) mass is 326 g/mol. The summed E-state index contributed by atoms with van der Waals surface area (Å²) in [7, 11) is 0. The average Bonchev–Trinajstić information content (AvgIpc) is 2.78. The van der Waals surface area contributed by atoms with Crippen LogP contribution >= 0.6 is 27.3 Å². The second-order valence-electron chi connectivity index (χ2n) is 3.74. The van der Waals surface area contributed by atoms with Crippen LogP contribution in [0.25, 0.3) is 0 Å². The van der Waals surface area contributed by atoms with Crippen LogP contribution in [0.15, 0.2) is 40.2 Å². The highest BCUT2D eigenvalue weighted by Crippen LogP contribution is 2.33. The van der Waals surface area contributed by atoms with Crippen LogP contribution in [-0.4, -0.2) is 6.61 Å². The van der Waals surface area contributed by atoms with Crippen LogP contribution in [0, 0.1) is 0 Å². The van der Waals surface area contributed by atoms with Crippen molar-refractivity contribution in [2.24, 2.45) is 5.84 Å². The molecule has 2 aromatic rings. The van der Waals surface area contributed by atoms with Gasteiger partial charge in [0.2, 0.25) is 0 Å². The van der Waals surface area contributed by atoms with E-state index in [1.165, 1.54) is 0 Å². The molecule has 0 saturated carbocycles. The maximum Gasteiger partial charge on any atom is 0.119 e. The van der Waals surface area contributed by atoms with Gasteiger partial charge in [0.25, 0.3) is 0 Å². The van der Waals surface area contributed by atoms with Gasteiger partial charge in [0.05, 0.1) is 12.6 Å². The zero-order valence-electron chi connectivity index (χ0n) is 10.0. The molecule has 0 amide bonds. The molecule has 1 atom stereocenters. The van der Waals surface area contributed by atoms with Crippen LogP contribution in [0.3, 0.4) is 0 Å². The fourth-order valence-corrected chi connectivity index (χ4v) is 3.47. The molecule has 1 unspecified atom stereocenters. The summed E-state index contributed by atoms with van der Waals surface area (Å²) in [4.78, 5) is 1.16. The van der Waals surface area contributed by atoms with Crippen LogP contribution < -0.4 is 16.0 Å². The van der Waals surface area contributed by atoms with Crippen LogP contribution in [0.2, 0.25) is 0 Å².